The molecule has 1 aliphatic heterocycles. The smallest absolute Gasteiger partial charge is 0.0491 e. The highest BCUT2D eigenvalue weighted by Gasteiger charge is 2.22. The summed E-state index contributed by atoms with van der Waals surface area (Å²) >= 11 is 0. The van der Waals surface area contributed by atoms with Gasteiger partial charge in [-0.25, -0.2) is 0 Å². The molecule has 1 atom stereocenters. The van der Waals surface area contributed by atoms with Gasteiger partial charge >= 0.3 is 0 Å². The molecule has 0 radical (unpaired) electrons. The lowest BCUT2D eigenvalue weighted by molar-refractivity contribution is 0.452. The zero-order chi connectivity index (χ0) is 11.0. The van der Waals surface area contributed by atoms with Crippen LogP contribution in [0.15, 0.2) is 12.1 Å². The van der Waals surface area contributed by atoms with Crippen molar-refractivity contribution in [1.82, 2.24) is 10.3 Å². The Hall–Kier alpha value is -1.15. The summed E-state index contributed by atoms with van der Waals surface area (Å²) in [5.41, 5.74) is 5.38. The van der Waals surface area contributed by atoms with Gasteiger partial charge < -0.3 is 5.32 Å². The number of aryl methyl sites for hydroxylation is 1. The molecule has 1 unspecified atom stereocenters. The molecular weight excluding hydrogens is 196 g/mol. The monoisotopic (exact) mass is 214 g/mol. The van der Waals surface area contributed by atoms with Crippen LogP contribution >= 0.6 is 0 Å². The van der Waals surface area contributed by atoms with Crippen molar-refractivity contribution in [3.05, 3.63) is 34.7 Å². The fraction of sp³-hybridized carbons (Fsp3) is 0.500. The van der Waals surface area contributed by atoms with Crippen LogP contribution in [0.3, 0.4) is 0 Å². The van der Waals surface area contributed by atoms with Crippen LogP contribution < -0.4 is 5.32 Å². The first-order valence-electron chi connectivity index (χ1n) is 6.22. The molecule has 3 rings (SSSR count). The van der Waals surface area contributed by atoms with Gasteiger partial charge in [0, 0.05) is 23.9 Å². The van der Waals surface area contributed by atoms with Gasteiger partial charge in [-0.05, 0) is 49.9 Å². The quantitative estimate of drug-likeness (QED) is 0.776. The van der Waals surface area contributed by atoms with E-state index in [0.717, 1.165) is 18.7 Å². The maximum atomic E-state index is 4.79. The second kappa shape index (κ2) is 4.02. The Balaban J connectivity index is 2.00. The van der Waals surface area contributed by atoms with E-state index in [1.165, 1.54) is 36.2 Å². The summed E-state index contributed by atoms with van der Waals surface area (Å²) in [7, 11) is 0. The predicted molar refractivity (Wildman–Crippen MR) is 66.6 cm³/mol. The molecule has 1 N–H and O–H groups in total. The summed E-state index contributed by atoms with van der Waals surface area (Å²) in [5, 5.41) is 3.48. The molecule has 1 aromatic rings. The van der Waals surface area contributed by atoms with E-state index in [1.54, 1.807) is 0 Å². The third kappa shape index (κ3) is 1.67. The highest BCUT2D eigenvalue weighted by atomic mass is 14.9. The van der Waals surface area contributed by atoms with Gasteiger partial charge in [-0.2, -0.15) is 0 Å². The molecular formula is C14H18N2. The first kappa shape index (κ1) is 10.0. The maximum absolute atomic E-state index is 4.79. The SMILES string of the molecule is Cc1cc2c(c(C3CCCNC3)n1)CC=C2. The predicted octanol–water partition coefficient (Wildman–Crippen LogP) is 2.43. The second-order valence-electron chi connectivity index (χ2n) is 4.87. The van der Waals surface area contributed by atoms with Crippen molar-refractivity contribution in [2.45, 2.75) is 32.1 Å². The number of aromatic nitrogens is 1. The summed E-state index contributed by atoms with van der Waals surface area (Å²) in [6.07, 6.45) is 8.14. The lowest BCUT2D eigenvalue weighted by atomic mass is 9.91. The van der Waals surface area contributed by atoms with Gasteiger partial charge in [-0.1, -0.05) is 12.2 Å². The molecule has 0 saturated carbocycles. The Morgan fingerprint density at radius 2 is 2.38 bits per heavy atom. The van der Waals surface area contributed by atoms with Crippen LogP contribution in [0, 0.1) is 6.92 Å². The van der Waals surface area contributed by atoms with Gasteiger partial charge in [0.1, 0.15) is 0 Å². The largest absolute Gasteiger partial charge is 0.316 e. The minimum Gasteiger partial charge on any atom is -0.316 e. The first-order chi connectivity index (χ1) is 7.84. The summed E-state index contributed by atoms with van der Waals surface area (Å²) in [6, 6.07) is 2.21. The van der Waals surface area contributed by atoms with Crippen LogP contribution in [0.2, 0.25) is 0 Å². The number of rotatable bonds is 1. The second-order valence-corrected chi connectivity index (χ2v) is 4.87. The Kier molecular flexibility index (Phi) is 2.52. The zero-order valence-electron chi connectivity index (χ0n) is 9.79. The average molecular weight is 214 g/mol. The summed E-state index contributed by atoms with van der Waals surface area (Å²) < 4.78 is 0. The van der Waals surface area contributed by atoms with Crippen molar-refractivity contribution in [1.29, 1.82) is 0 Å². The van der Waals surface area contributed by atoms with Crippen molar-refractivity contribution in [2.24, 2.45) is 0 Å². The maximum Gasteiger partial charge on any atom is 0.0491 e. The highest BCUT2D eigenvalue weighted by Crippen LogP contribution is 2.30. The Labute approximate surface area is 96.8 Å². The minimum atomic E-state index is 0.627. The van der Waals surface area contributed by atoms with Gasteiger partial charge in [-0.15, -0.1) is 0 Å². The molecule has 16 heavy (non-hydrogen) atoms. The average Bonchev–Trinajstić information content (AvgIpc) is 2.77. The third-order valence-corrected chi connectivity index (χ3v) is 3.62. The number of hydrogen-bond donors (Lipinski definition) is 1. The molecule has 0 bridgehead atoms. The fourth-order valence-electron chi connectivity index (χ4n) is 2.85. The van der Waals surface area contributed by atoms with Crippen molar-refractivity contribution in [2.75, 3.05) is 13.1 Å². The minimum absolute atomic E-state index is 0.627. The summed E-state index contributed by atoms with van der Waals surface area (Å²) in [4.78, 5) is 4.79. The number of hydrogen-bond acceptors (Lipinski definition) is 2. The number of nitrogens with zero attached hydrogens (tertiary/aromatic N) is 1. The Morgan fingerprint density at radius 3 is 3.19 bits per heavy atom. The van der Waals surface area contributed by atoms with E-state index >= 15 is 0 Å². The molecule has 1 aliphatic carbocycles. The van der Waals surface area contributed by atoms with Crippen LogP contribution in [0.25, 0.3) is 6.08 Å². The Bertz CT molecular complexity index is 429. The van der Waals surface area contributed by atoms with Crippen LogP contribution in [0.5, 0.6) is 0 Å². The van der Waals surface area contributed by atoms with E-state index in [2.05, 4.69) is 30.5 Å². The van der Waals surface area contributed by atoms with Crippen molar-refractivity contribution >= 4 is 6.08 Å². The molecule has 84 valence electrons. The van der Waals surface area contributed by atoms with E-state index in [9.17, 15) is 0 Å². The Morgan fingerprint density at radius 1 is 1.44 bits per heavy atom. The van der Waals surface area contributed by atoms with Gasteiger partial charge in [0.2, 0.25) is 0 Å². The standard InChI is InChI=1S/C14H18N2/c1-10-8-11-4-2-6-13(11)14(16-10)12-5-3-7-15-9-12/h2,4,8,12,15H,3,5-7,9H2,1H3. The molecule has 0 aromatic carbocycles. The summed E-state index contributed by atoms with van der Waals surface area (Å²) in [5.74, 6) is 0.627. The van der Waals surface area contributed by atoms with Crippen LogP contribution in [0.4, 0.5) is 0 Å². The molecule has 1 saturated heterocycles. The van der Waals surface area contributed by atoms with Crippen LogP contribution in [0.1, 0.15) is 41.3 Å². The van der Waals surface area contributed by atoms with Gasteiger partial charge in [-0.3, -0.25) is 4.98 Å². The number of piperidine rings is 1. The van der Waals surface area contributed by atoms with Crippen LogP contribution in [-0.4, -0.2) is 18.1 Å². The van der Waals surface area contributed by atoms with Gasteiger partial charge in [0.05, 0.1) is 0 Å². The van der Waals surface area contributed by atoms with E-state index < -0.39 is 0 Å². The summed E-state index contributed by atoms with van der Waals surface area (Å²) in [6.45, 7) is 4.37. The van der Waals surface area contributed by atoms with Crippen molar-refractivity contribution < 1.29 is 0 Å². The van der Waals surface area contributed by atoms with Gasteiger partial charge in [0.15, 0.2) is 0 Å². The van der Waals surface area contributed by atoms with Crippen LogP contribution in [-0.2, 0) is 6.42 Å². The molecule has 2 aliphatic rings. The molecule has 2 nitrogen and oxygen atoms in total. The topological polar surface area (TPSA) is 24.9 Å². The highest BCUT2D eigenvalue weighted by molar-refractivity contribution is 5.61. The molecule has 0 spiro atoms. The van der Waals surface area contributed by atoms with E-state index in [4.69, 9.17) is 4.98 Å². The first-order valence-corrected chi connectivity index (χ1v) is 6.22. The zero-order valence-corrected chi connectivity index (χ0v) is 9.79. The lowest BCUT2D eigenvalue weighted by Gasteiger charge is -2.24. The van der Waals surface area contributed by atoms with E-state index in [-0.39, 0.29) is 0 Å². The molecule has 2 heterocycles. The lowest BCUT2D eigenvalue weighted by Crippen LogP contribution is -2.29. The molecule has 2 heteroatoms. The molecule has 1 aromatic heterocycles. The fourth-order valence-corrected chi connectivity index (χ4v) is 2.85. The molecule has 1 fully saturated rings. The van der Waals surface area contributed by atoms with Crippen molar-refractivity contribution in [3.63, 3.8) is 0 Å². The third-order valence-electron chi connectivity index (χ3n) is 3.62. The molecule has 0 amide bonds. The number of fused-ring (bicyclic) bond motifs is 1. The van der Waals surface area contributed by atoms with E-state index in [1.807, 2.05) is 0 Å². The normalized spacial score (nSPS) is 23.4. The van der Waals surface area contributed by atoms with Crippen molar-refractivity contribution in [3.8, 4) is 0 Å². The number of pyridine rings is 1. The van der Waals surface area contributed by atoms with E-state index in [0.29, 0.717) is 5.92 Å². The number of allylic oxidation sites excluding steroid dienone is 1. The van der Waals surface area contributed by atoms with Gasteiger partial charge in [0.25, 0.3) is 0 Å². The number of nitrogens with one attached hydrogen (secondary N) is 1.